The molecule has 0 saturated carbocycles. The van der Waals surface area contributed by atoms with Crippen molar-refractivity contribution in [2.45, 2.75) is 6.92 Å². The summed E-state index contributed by atoms with van der Waals surface area (Å²) in [5.41, 5.74) is 1.16. The van der Waals surface area contributed by atoms with Crippen molar-refractivity contribution in [3.05, 3.63) is 36.3 Å². The van der Waals surface area contributed by atoms with E-state index in [-0.39, 0.29) is 0 Å². The van der Waals surface area contributed by atoms with Gasteiger partial charge in [0.25, 0.3) is 0 Å². The van der Waals surface area contributed by atoms with E-state index in [1.807, 2.05) is 44.1 Å². The molecule has 0 fully saturated rings. The Morgan fingerprint density at radius 3 is 2.53 bits per heavy atom. The molecule has 1 N–H and O–H groups in total. The van der Waals surface area contributed by atoms with Crippen molar-refractivity contribution in [3.8, 4) is 0 Å². The molecule has 2 rings (SSSR count). The van der Waals surface area contributed by atoms with Crippen LogP contribution < -0.4 is 10.2 Å². The maximum absolute atomic E-state index is 4.22. The first-order valence-corrected chi connectivity index (χ1v) is 5.34. The zero-order valence-corrected chi connectivity index (χ0v) is 10.2. The summed E-state index contributed by atoms with van der Waals surface area (Å²) in [6, 6.07) is 5.80. The standard InChI is InChI=1S/C12H15N5/c1-9-4-5-13-10(6-9)16-11-7-12(17(2)3)15-8-14-11/h4-8H,1-3H3,(H,13,14,15,16). The minimum Gasteiger partial charge on any atom is -0.363 e. The lowest BCUT2D eigenvalue weighted by Gasteiger charge is -2.12. The molecule has 0 aromatic carbocycles. The predicted octanol–water partition coefficient (Wildman–Crippen LogP) is 1.99. The smallest absolute Gasteiger partial charge is 0.137 e. The van der Waals surface area contributed by atoms with Crippen LogP contribution in [0.4, 0.5) is 17.5 Å². The Bertz CT molecular complexity index is 510. The van der Waals surface area contributed by atoms with Crippen LogP contribution >= 0.6 is 0 Å². The first-order valence-electron chi connectivity index (χ1n) is 5.34. The molecule has 0 amide bonds. The zero-order valence-electron chi connectivity index (χ0n) is 10.2. The van der Waals surface area contributed by atoms with Crippen LogP contribution in [0.5, 0.6) is 0 Å². The Morgan fingerprint density at radius 1 is 1.06 bits per heavy atom. The van der Waals surface area contributed by atoms with Gasteiger partial charge in [-0.3, -0.25) is 0 Å². The molecule has 2 aromatic heterocycles. The Morgan fingerprint density at radius 2 is 1.82 bits per heavy atom. The summed E-state index contributed by atoms with van der Waals surface area (Å²) < 4.78 is 0. The maximum Gasteiger partial charge on any atom is 0.137 e. The van der Waals surface area contributed by atoms with Crippen LogP contribution in [0.3, 0.4) is 0 Å². The molecule has 0 aliphatic heterocycles. The summed E-state index contributed by atoms with van der Waals surface area (Å²) in [4.78, 5) is 14.5. The van der Waals surface area contributed by atoms with Gasteiger partial charge in [-0.15, -0.1) is 0 Å². The molecule has 0 aliphatic carbocycles. The normalized spacial score (nSPS) is 10.1. The zero-order chi connectivity index (χ0) is 12.3. The third-order valence-electron chi connectivity index (χ3n) is 2.28. The molecular weight excluding hydrogens is 214 g/mol. The molecule has 0 atom stereocenters. The highest BCUT2D eigenvalue weighted by molar-refractivity contribution is 5.56. The largest absolute Gasteiger partial charge is 0.363 e. The number of anilines is 3. The average Bonchev–Trinajstić information content (AvgIpc) is 2.29. The van der Waals surface area contributed by atoms with Crippen LogP contribution in [-0.2, 0) is 0 Å². The number of rotatable bonds is 3. The summed E-state index contributed by atoms with van der Waals surface area (Å²) in [6.45, 7) is 2.03. The second-order valence-corrected chi connectivity index (χ2v) is 4.00. The van der Waals surface area contributed by atoms with E-state index in [9.17, 15) is 0 Å². The van der Waals surface area contributed by atoms with Gasteiger partial charge in [0, 0.05) is 26.4 Å². The lowest BCUT2D eigenvalue weighted by atomic mass is 10.3. The van der Waals surface area contributed by atoms with Gasteiger partial charge in [-0.05, 0) is 24.6 Å². The molecule has 5 nitrogen and oxygen atoms in total. The molecule has 17 heavy (non-hydrogen) atoms. The maximum atomic E-state index is 4.22. The van der Waals surface area contributed by atoms with Gasteiger partial charge < -0.3 is 10.2 Å². The highest BCUT2D eigenvalue weighted by atomic mass is 15.2. The van der Waals surface area contributed by atoms with Crippen LogP contribution in [0.1, 0.15) is 5.56 Å². The summed E-state index contributed by atoms with van der Waals surface area (Å²) in [7, 11) is 3.88. The first kappa shape index (κ1) is 11.3. The van der Waals surface area contributed by atoms with E-state index >= 15 is 0 Å². The second-order valence-electron chi connectivity index (χ2n) is 4.00. The van der Waals surface area contributed by atoms with Crippen molar-refractivity contribution in [2.75, 3.05) is 24.3 Å². The van der Waals surface area contributed by atoms with Crippen LogP contribution in [0, 0.1) is 6.92 Å². The number of nitrogens with one attached hydrogen (secondary N) is 1. The first-order chi connectivity index (χ1) is 8.15. The van der Waals surface area contributed by atoms with E-state index in [0.717, 1.165) is 23.0 Å². The molecule has 88 valence electrons. The molecule has 0 unspecified atom stereocenters. The van der Waals surface area contributed by atoms with Crippen molar-refractivity contribution in [3.63, 3.8) is 0 Å². The fraction of sp³-hybridized carbons (Fsp3) is 0.250. The molecule has 0 aliphatic rings. The van der Waals surface area contributed by atoms with Gasteiger partial charge in [-0.2, -0.15) is 0 Å². The lowest BCUT2D eigenvalue weighted by molar-refractivity contribution is 1.04. The molecule has 2 aromatic rings. The highest BCUT2D eigenvalue weighted by Crippen LogP contribution is 2.15. The molecule has 0 saturated heterocycles. The highest BCUT2D eigenvalue weighted by Gasteiger charge is 2.01. The SMILES string of the molecule is Cc1ccnc(Nc2cc(N(C)C)ncn2)c1. The average molecular weight is 229 g/mol. The van der Waals surface area contributed by atoms with Gasteiger partial charge in [0.05, 0.1) is 0 Å². The van der Waals surface area contributed by atoms with Crippen molar-refractivity contribution in [1.29, 1.82) is 0 Å². The number of hydrogen-bond acceptors (Lipinski definition) is 5. The fourth-order valence-electron chi connectivity index (χ4n) is 1.40. The Labute approximate surface area is 101 Å². The van der Waals surface area contributed by atoms with E-state index < -0.39 is 0 Å². The summed E-state index contributed by atoms with van der Waals surface area (Å²) >= 11 is 0. The molecular formula is C12H15N5. The third-order valence-corrected chi connectivity index (χ3v) is 2.28. The van der Waals surface area contributed by atoms with E-state index in [2.05, 4.69) is 20.3 Å². The summed E-state index contributed by atoms with van der Waals surface area (Å²) in [6.07, 6.45) is 3.30. The Hall–Kier alpha value is -2.17. The van der Waals surface area contributed by atoms with Crippen LogP contribution in [0.2, 0.25) is 0 Å². The van der Waals surface area contributed by atoms with Crippen molar-refractivity contribution >= 4 is 17.5 Å². The predicted molar refractivity (Wildman–Crippen MR) is 68.6 cm³/mol. The summed E-state index contributed by atoms with van der Waals surface area (Å²) in [5.74, 6) is 2.38. The van der Waals surface area contributed by atoms with Crippen LogP contribution in [-0.4, -0.2) is 29.0 Å². The van der Waals surface area contributed by atoms with Gasteiger partial charge in [-0.25, -0.2) is 15.0 Å². The molecule has 0 radical (unpaired) electrons. The van der Waals surface area contributed by atoms with Crippen molar-refractivity contribution < 1.29 is 0 Å². The minimum atomic E-state index is 0.738. The topological polar surface area (TPSA) is 53.9 Å². The van der Waals surface area contributed by atoms with Crippen LogP contribution in [0.25, 0.3) is 0 Å². The number of aryl methyl sites for hydroxylation is 1. The number of aromatic nitrogens is 3. The van der Waals surface area contributed by atoms with Crippen molar-refractivity contribution in [1.82, 2.24) is 15.0 Å². The van der Waals surface area contributed by atoms with Gasteiger partial charge in [0.15, 0.2) is 0 Å². The number of nitrogens with zero attached hydrogens (tertiary/aromatic N) is 4. The monoisotopic (exact) mass is 229 g/mol. The number of hydrogen-bond donors (Lipinski definition) is 1. The van der Waals surface area contributed by atoms with E-state index in [0.29, 0.717) is 0 Å². The molecule has 5 heteroatoms. The van der Waals surface area contributed by atoms with Gasteiger partial charge in [0.2, 0.25) is 0 Å². The van der Waals surface area contributed by atoms with E-state index in [1.165, 1.54) is 6.33 Å². The fourth-order valence-corrected chi connectivity index (χ4v) is 1.40. The third kappa shape index (κ3) is 2.90. The van der Waals surface area contributed by atoms with Gasteiger partial charge >= 0.3 is 0 Å². The molecule has 0 bridgehead atoms. The number of pyridine rings is 1. The minimum absolute atomic E-state index is 0.738. The summed E-state index contributed by atoms with van der Waals surface area (Å²) in [5, 5.41) is 3.15. The molecule has 2 heterocycles. The second kappa shape index (κ2) is 4.78. The Balaban J connectivity index is 2.21. The van der Waals surface area contributed by atoms with E-state index in [4.69, 9.17) is 0 Å². The van der Waals surface area contributed by atoms with Gasteiger partial charge in [0.1, 0.15) is 23.8 Å². The van der Waals surface area contributed by atoms with E-state index in [1.54, 1.807) is 6.20 Å². The van der Waals surface area contributed by atoms with Crippen molar-refractivity contribution in [2.24, 2.45) is 0 Å². The molecule has 0 spiro atoms. The Kier molecular flexibility index (Phi) is 3.18. The van der Waals surface area contributed by atoms with Gasteiger partial charge in [-0.1, -0.05) is 0 Å². The quantitative estimate of drug-likeness (QED) is 0.872. The van der Waals surface area contributed by atoms with Crippen LogP contribution in [0.15, 0.2) is 30.7 Å². The lowest BCUT2D eigenvalue weighted by Crippen LogP contribution is -2.11.